The number of carbonyl (C=O) groups is 1. The van der Waals surface area contributed by atoms with Gasteiger partial charge in [-0.25, -0.2) is 4.79 Å². The number of rotatable bonds is 3. The Morgan fingerprint density at radius 1 is 1.11 bits per heavy atom. The van der Waals surface area contributed by atoms with Gasteiger partial charge in [0.1, 0.15) is 5.75 Å². The fourth-order valence-corrected chi connectivity index (χ4v) is 4.09. The van der Waals surface area contributed by atoms with E-state index in [1.807, 2.05) is 42.5 Å². The third-order valence-corrected chi connectivity index (χ3v) is 5.47. The molecule has 2 heterocycles. The van der Waals surface area contributed by atoms with E-state index < -0.39 is 0 Å². The van der Waals surface area contributed by atoms with Gasteiger partial charge in [-0.1, -0.05) is 29.8 Å². The molecular formula is C21H24ClN3O2. The van der Waals surface area contributed by atoms with E-state index in [1.165, 1.54) is 19.3 Å². The number of carbonyl (C=O) groups excluding carboxylic acids is 1. The normalized spacial score (nSPS) is 19.0. The van der Waals surface area contributed by atoms with Crippen LogP contribution in [0.3, 0.4) is 0 Å². The highest BCUT2D eigenvalue weighted by Gasteiger charge is 2.22. The quantitative estimate of drug-likeness (QED) is 0.783. The number of urea groups is 1. The average molecular weight is 386 g/mol. The minimum absolute atomic E-state index is 0.0574. The zero-order chi connectivity index (χ0) is 18.6. The van der Waals surface area contributed by atoms with Crippen LogP contribution in [0.15, 0.2) is 42.5 Å². The number of halogens is 1. The maximum Gasteiger partial charge on any atom is 0.319 e. The van der Waals surface area contributed by atoms with E-state index in [2.05, 4.69) is 15.5 Å². The van der Waals surface area contributed by atoms with Gasteiger partial charge in [0.05, 0.1) is 23.4 Å². The van der Waals surface area contributed by atoms with Crippen LogP contribution in [-0.2, 0) is 0 Å². The SMILES string of the molecule is O=C(Nc1ccc(N2CCCCC2)c(Cl)c1)N[C@@H]1CCOc2ccccc21. The number of nitrogens with zero attached hydrogens (tertiary/aromatic N) is 1. The van der Waals surface area contributed by atoms with Crippen LogP contribution in [0.2, 0.25) is 5.02 Å². The molecule has 2 aromatic carbocycles. The van der Waals surface area contributed by atoms with Crippen molar-refractivity contribution >= 4 is 29.0 Å². The lowest BCUT2D eigenvalue weighted by molar-refractivity contribution is 0.232. The zero-order valence-corrected chi connectivity index (χ0v) is 16.0. The Morgan fingerprint density at radius 2 is 1.93 bits per heavy atom. The molecule has 27 heavy (non-hydrogen) atoms. The van der Waals surface area contributed by atoms with Crippen molar-refractivity contribution in [3.8, 4) is 5.75 Å². The molecule has 0 bridgehead atoms. The molecule has 2 aliphatic heterocycles. The zero-order valence-electron chi connectivity index (χ0n) is 15.2. The molecule has 4 rings (SSSR count). The molecule has 2 aliphatic rings. The summed E-state index contributed by atoms with van der Waals surface area (Å²) >= 11 is 6.48. The number of hydrogen-bond acceptors (Lipinski definition) is 3. The van der Waals surface area contributed by atoms with Crippen molar-refractivity contribution in [2.24, 2.45) is 0 Å². The van der Waals surface area contributed by atoms with Crippen LogP contribution in [0.5, 0.6) is 5.75 Å². The number of anilines is 2. The van der Waals surface area contributed by atoms with E-state index in [0.29, 0.717) is 17.3 Å². The van der Waals surface area contributed by atoms with Crippen LogP contribution in [0.25, 0.3) is 0 Å². The van der Waals surface area contributed by atoms with Crippen molar-refractivity contribution in [3.05, 3.63) is 53.1 Å². The summed E-state index contributed by atoms with van der Waals surface area (Å²) in [5.41, 5.74) is 2.75. The van der Waals surface area contributed by atoms with E-state index in [0.717, 1.165) is 36.5 Å². The van der Waals surface area contributed by atoms with Gasteiger partial charge in [-0.15, -0.1) is 0 Å². The van der Waals surface area contributed by atoms with Gasteiger partial charge in [-0.05, 0) is 43.5 Å². The Balaban J connectivity index is 1.41. The Hall–Kier alpha value is -2.40. The van der Waals surface area contributed by atoms with E-state index >= 15 is 0 Å². The van der Waals surface area contributed by atoms with Crippen molar-refractivity contribution in [1.82, 2.24) is 5.32 Å². The number of piperidine rings is 1. The van der Waals surface area contributed by atoms with Crippen LogP contribution < -0.4 is 20.3 Å². The minimum atomic E-state index is -0.238. The molecule has 2 amide bonds. The van der Waals surface area contributed by atoms with Gasteiger partial charge < -0.3 is 20.3 Å². The smallest absolute Gasteiger partial charge is 0.319 e. The van der Waals surface area contributed by atoms with E-state index in [-0.39, 0.29) is 12.1 Å². The first-order valence-electron chi connectivity index (χ1n) is 9.54. The van der Waals surface area contributed by atoms with Crippen LogP contribution in [-0.4, -0.2) is 25.7 Å². The molecular weight excluding hydrogens is 362 g/mol. The van der Waals surface area contributed by atoms with E-state index in [9.17, 15) is 4.79 Å². The molecule has 1 saturated heterocycles. The van der Waals surface area contributed by atoms with Crippen molar-refractivity contribution in [2.75, 3.05) is 29.9 Å². The third kappa shape index (κ3) is 4.14. The second-order valence-corrected chi connectivity index (χ2v) is 7.45. The fraction of sp³-hybridized carbons (Fsp3) is 0.381. The summed E-state index contributed by atoms with van der Waals surface area (Å²) in [7, 11) is 0. The molecule has 0 unspecified atom stereocenters. The van der Waals surface area contributed by atoms with E-state index in [4.69, 9.17) is 16.3 Å². The summed E-state index contributed by atoms with van der Waals surface area (Å²) in [6.45, 7) is 2.67. The van der Waals surface area contributed by atoms with Gasteiger partial charge >= 0.3 is 6.03 Å². The first-order valence-corrected chi connectivity index (χ1v) is 9.92. The number of ether oxygens (including phenoxy) is 1. The van der Waals surface area contributed by atoms with Crippen molar-refractivity contribution in [1.29, 1.82) is 0 Å². The molecule has 1 atom stereocenters. The number of hydrogen-bond donors (Lipinski definition) is 2. The fourth-order valence-electron chi connectivity index (χ4n) is 3.79. The van der Waals surface area contributed by atoms with Gasteiger partial charge in [0.25, 0.3) is 0 Å². The average Bonchev–Trinajstić information content (AvgIpc) is 2.69. The lowest BCUT2D eigenvalue weighted by atomic mass is 10.0. The molecule has 0 aliphatic carbocycles. The Labute approximate surface area is 164 Å². The number of nitrogens with one attached hydrogen (secondary N) is 2. The maximum atomic E-state index is 12.5. The Morgan fingerprint density at radius 3 is 2.74 bits per heavy atom. The first kappa shape index (κ1) is 18.0. The Kier molecular flexibility index (Phi) is 5.39. The topological polar surface area (TPSA) is 53.6 Å². The summed E-state index contributed by atoms with van der Waals surface area (Å²) in [4.78, 5) is 14.8. The highest BCUT2D eigenvalue weighted by molar-refractivity contribution is 6.33. The summed E-state index contributed by atoms with van der Waals surface area (Å²) in [6, 6.07) is 13.2. The standard InChI is InChI=1S/C21H24ClN3O2/c22-17-14-15(8-9-19(17)25-11-4-1-5-12-25)23-21(26)24-18-10-13-27-20-7-3-2-6-16(18)20/h2-3,6-9,14,18H,1,4-5,10-13H2,(H2,23,24,26)/t18-/m1/s1. The van der Waals surface area contributed by atoms with Crippen molar-refractivity contribution in [3.63, 3.8) is 0 Å². The lowest BCUT2D eigenvalue weighted by Gasteiger charge is -2.29. The summed E-state index contributed by atoms with van der Waals surface area (Å²) in [5.74, 6) is 0.836. The lowest BCUT2D eigenvalue weighted by Crippen LogP contribution is -2.35. The third-order valence-electron chi connectivity index (χ3n) is 5.17. The van der Waals surface area contributed by atoms with Crippen LogP contribution in [0.1, 0.15) is 37.3 Å². The van der Waals surface area contributed by atoms with Gasteiger partial charge in [0, 0.05) is 30.8 Å². The number of benzene rings is 2. The summed E-state index contributed by atoms with van der Waals surface area (Å²) in [5, 5.41) is 6.61. The predicted octanol–water partition coefficient (Wildman–Crippen LogP) is 4.98. The minimum Gasteiger partial charge on any atom is -0.493 e. The first-order chi connectivity index (χ1) is 13.2. The molecule has 2 aromatic rings. The monoisotopic (exact) mass is 385 g/mol. The van der Waals surface area contributed by atoms with Crippen molar-refractivity contribution < 1.29 is 9.53 Å². The number of para-hydroxylation sites is 1. The molecule has 5 nitrogen and oxygen atoms in total. The highest BCUT2D eigenvalue weighted by Crippen LogP contribution is 2.32. The second kappa shape index (κ2) is 8.09. The number of amides is 2. The van der Waals surface area contributed by atoms with Crippen LogP contribution in [0.4, 0.5) is 16.2 Å². The predicted molar refractivity (Wildman–Crippen MR) is 109 cm³/mol. The van der Waals surface area contributed by atoms with E-state index in [1.54, 1.807) is 0 Å². The maximum absolute atomic E-state index is 12.5. The molecule has 0 aromatic heterocycles. The van der Waals surface area contributed by atoms with Gasteiger partial charge in [0.2, 0.25) is 0 Å². The Bertz CT molecular complexity index is 821. The second-order valence-electron chi connectivity index (χ2n) is 7.04. The molecule has 0 radical (unpaired) electrons. The molecule has 0 spiro atoms. The van der Waals surface area contributed by atoms with Crippen LogP contribution in [0, 0.1) is 0 Å². The summed E-state index contributed by atoms with van der Waals surface area (Å²) in [6.07, 6.45) is 4.43. The largest absolute Gasteiger partial charge is 0.493 e. The van der Waals surface area contributed by atoms with Gasteiger partial charge in [-0.3, -0.25) is 0 Å². The molecule has 1 fully saturated rings. The summed E-state index contributed by atoms with van der Waals surface area (Å²) < 4.78 is 5.65. The van der Waals surface area contributed by atoms with Gasteiger partial charge in [0.15, 0.2) is 0 Å². The van der Waals surface area contributed by atoms with Gasteiger partial charge in [-0.2, -0.15) is 0 Å². The molecule has 142 valence electrons. The highest BCUT2D eigenvalue weighted by atomic mass is 35.5. The molecule has 6 heteroatoms. The van der Waals surface area contributed by atoms with Crippen molar-refractivity contribution in [2.45, 2.75) is 31.7 Å². The molecule has 0 saturated carbocycles. The van der Waals surface area contributed by atoms with Crippen LogP contribution >= 0.6 is 11.6 Å². The number of fused-ring (bicyclic) bond motifs is 1. The molecule has 2 N–H and O–H groups in total.